The third-order valence-electron chi connectivity index (χ3n) is 3.31. The molecule has 1 saturated heterocycles. The average Bonchev–Trinajstić information content (AvgIpc) is 2.74. The van der Waals surface area contributed by atoms with E-state index >= 15 is 0 Å². The summed E-state index contributed by atoms with van der Waals surface area (Å²) in [5.41, 5.74) is 1.37. The van der Waals surface area contributed by atoms with Gasteiger partial charge in [-0.3, -0.25) is 0 Å². The number of aryl methyl sites for hydroxylation is 1. The van der Waals surface area contributed by atoms with E-state index in [0.717, 1.165) is 39.1 Å². The maximum absolute atomic E-state index is 5.44. The van der Waals surface area contributed by atoms with Crippen molar-refractivity contribution in [3.63, 3.8) is 0 Å². The first-order valence-corrected chi connectivity index (χ1v) is 6.69. The maximum atomic E-state index is 5.44. The van der Waals surface area contributed by atoms with Crippen molar-refractivity contribution >= 4 is 0 Å². The van der Waals surface area contributed by atoms with E-state index < -0.39 is 0 Å². The molecular weight excluding hydrogens is 230 g/mol. The first-order valence-electron chi connectivity index (χ1n) is 6.69. The summed E-state index contributed by atoms with van der Waals surface area (Å²) in [4.78, 5) is 4.25. The first kappa shape index (κ1) is 13.5. The zero-order valence-electron chi connectivity index (χ0n) is 11.1. The molecule has 2 heterocycles. The van der Waals surface area contributed by atoms with Gasteiger partial charge in [0.2, 0.25) is 0 Å². The molecule has 1 aromatic heterocycles. The average molecular weight is 253 g/mol. The minimum Gasteiger partial charge on any atom is -0.382 e. The quantitative estimate of drug-likeness (QED) is 0.667. The zero-order valence-corrected chi connectivity index (χ0v) is 11.1. The second kappa shape index (κ2) is 7.51. The largest absolute Gasteiger partial charge is 0.382 e. The van der Waals surface area contributed by atoms with Crippen LogP contribution in [0.4, 0.5) is 0 Å². The Morgan fingerprint density at radius 1 is 1.33 bits per heavy atom. The molecule has 0 aliphatic carbocycles. The van der Waals surface area contributed by atoms with Gasteiger partial charge in [0.1, 0.15) is 0 Å². The Bertz CT molecular complexity index is 337. The minimum atomic E-state index is 0.658. The SMILES string of the molecule is COCCOCCCCn1cncc1C1CNC1. The van der Waals surface area contributed by atoms with Crippen LogP contribution in [0.25, 0.3) is 0 Å². The summed E-state index contributed by atoms with van der Waals surface area (Å²) >= 11 is 0. The van der Waals surface area contributed by atoms with Gasteiger partial charge in [-0.2, -0.15) is 0 Å². The second-order valence-corrected chi connectivity index (χ2v) is 4.68. The van der Waals surface area contributed by atoms with Gasteiger partial charge in [-0.25, -0.2) is 4.98 Å². The fourth-order valence-corrected chi connectivity index (χ4v) is 2.09. The van der Waals surface area contributed by atoms with Gasteiger partial charge in [-0.05, 0) is 12.8 Å². The van der Waals surface area contributed by atoms with Crippen LogP contribution in [0.1, 0.15) is 24.5 Å². The number of aromatic nitrogens is 2. The fraction of sp³-hybridized carbons (Fsp3) is 0.769. The second-order valence-electron chi connectivity index (χ2n) is 4.68. The Labute approximate surface area is 108 Å². The molecular formula is C13H23N3O2. The molecule has 1 aromatic rings. The summed E-state index contributed by atoms with van der Waals surface area (Å²) in [6.07, 6.45) is 6.17. The molecule has 1 aliphatic rings. The Balaban J connectivity index is 1.60. The third-order valence-corrected chi connectivity index (χ3v) is 3.31. The molecule has 18 heavy (non-hydrogen) atoms. The summed E-state index contributed by atoms with van der Waals surface area (Å²) in [5, 5.41) is 3.30. The van der Waals surface area contributed by atoms with Crippen molar-refractivity contribution in [2.75, 3.05) is 40.0 Å². The molecule has 0 unspecified atom stereocenters. The Hall–Kier alpha value is -0.910. The topological polar surface area (TPSA) is 48.3 Å². The zero-order chi connectivity index (χ0) is 12.6. The van der Waals surface area contributed by atoms with Gasteiger partial charge in [0.25, 0.3) is 0 Å². The lowest BCUT2D eigenvalue weighted by atomic mass is 10.00. The Morgan fingerprint density at radius 2 is 2.22 bits per heavy atom. The van der Waals surface area contributed by atoms with E-state index in [1.54, 1.807) is 7.11 Å². The number of unbranched alkanes of at least 4 members (excludes halogenated alkanes) is 1. The number of rotatable bonds is 9. The Kier molecular flexibility index (Phi) is 5.64. The molecule has 0 atom stereocenters. The predicted octanol–water partition coefficient (Wildman–Crippen LogP) is 1.01. The van der Waals surface area contributed by atoms with E-state index in [4.69, 9.17) is 9.47 Å². The number of nitrogens with one attached hydrogen (secondary N) is 1. The molecule has 1 aliphatic heterocycles. The van der Waals surface area contributed by atoms with Gasteiger partial charge in [0.15, 0.2) is 0 Å². The monoisotopic (exact) mass is 253 g/mol. The number of ether oxygens (including phenoxy) is 2. The van der Waals surface area contributed by atoms with Crippen molar-refractivity contribution in [2.24, 2.45) is 0 Å². The van der Waals surface area contributed by atoms with Crippen LogP contribution in [0.15, 0.2) is 12.5 Å². The van der Waals surface area contributed by atoms with E-state index in [9.17, 15) is 0 Å². The molecule has 1 fully saturated rings. The summed E-state index contributed by atoms with van der Waals surface area (Å²) in [5.74, 6) is 0.658. The van der Waals surface area contributed by atoms with Gasteiger partial charge >= 0.3 is 0 Å². The smallest absolute Gasteiger partial charge is 0.0948 e. The highest BCUT2D eigenvalue weighted by Gasteiger charge is 2.21. The lowest BCUT2D eigenvalue weighted by Crippen LogP contribution is -2.40. The predicted molar refractivity (Wildman–Crippen MR) is 69.8 cm³/mol. The van der Waals surface area contributed by atoms with Gasteiger partial charge in [-0.1, -0.05) is 0 Å². The van der Waals surface area contributed by atoms with E-state index in [2.05, 4.69) is 14.9 Å². The van der Waals surface area contributed by atoms with E-state index in [1.807, 2.05) is 12.5 Å². The standard InChI is InChI=1S/C13H23N3O2/c1-17-6-7-18-5-3-2-4-16-11-15-10-13(16)12-8-14-9-12/h10-12,14H,2-9H2,1H3. The van der Waals surface area contributed by atoms with Crippen molar-refractivity contribution in [3.05, 3.63) is 18.2 Å². The molecule has 2 rings (SSSR count). The summed E-state index contributed by atoms with van der Waals surface area (Å²) < 4.78 is 12.6. The summed E-state index contributed by atoms with van der Waals surface area (Å²) in [6.45, 7) is 5.41. The highest BCUT2D eigenvalue weighted by Crippen LogP contribution is 2.19. The molecule has 0 spiro atoms. The van der Waals surface area contributed by atoms with Crippen LogP contribution in [0.3, 0.4) is 0 Å². The van der Waals surface area contributed by atoms with Gasteiger partial charge in [0.05, 0.1) is 19.5 Å². The van der Waals surface area contributed by atoms with Gasteiger partial charge < -0.3 is 19.4 Å². The maximum Gasteiger partial charge on any atom is 0.0948 e. The van der Waals surface area contributed by atoms with E-state index in [0.29, 0.717) is 19.1 Å². The molecule has 0 saturated carbocycles. The molecule has 5 heteroatoms. The molecule has 0 bridgehead atoms. The molecule has 0 radical (unpaired) electrons. The molecule has 102 valence electrons. The number of nitrogens with zero attached hydrogens (tertiary/aromatic N) is 2. The lowest BCUT2D eigenvalue weighted by Gasteiger charge is -2.27. The highest BCUT2D eigenvalue weighted by atomic mass is 16.5. The van der Waals surface area contributed by atoms with Crippen LogP contribution in [-0.2, 0) is 16.0 Å². The van der Waals surface area contributed by atoms with Crippen LogP contribution in [-0.4, -0.2) is 49.6 Å². The number of hydrogen-bond acceptors (Lipinski definition) is 4. The number of hydrogen-bond donors (Lipinski definition) is 1. The van der Waals surface area contributed by atoms with E-state index in [1.165, 1.54) is 5.69 Å². The fourth-order valence-electron chi connectivity index (χ4n) is 2.09. The molecule has 1 N–H and O–H groups in total. The number of imidazole rings is 1. The van der Waals surface area contributed by atoms with Crippen molar-refractivity contribution in [2.45, 2.75) is 25.3 Å². The van der Waals surface area contributed by atoms with Gasteiger partial charge in [0, 0.05) is 51.2 Å². The normalized spacial score (nSPS) is 15.8. The van der Waals surface area contributed by atoms with Crippen LogP contribution >= 0.6 is 0 Å². The highest BCUT2D eigenvalue weighted by molar-refractivity contribution is 5.11. The third kappa shape index (κ3) is 3.80. The summed E-state index contributed by atoms with van der Waals surface area (Å²) in [6, 6.07) is 0. The van der Waals surface area contributed by atoms with Crippen molar-refractivity contribution in [1.82, 2.24) is 14.9 Å². The molecule has 0 aromatic carbocycles. The van der Waals surface area contributed by atoms with E-state index in [-0.39, 0.29) is 0 Å². The molecule has 5 nitrogen and oxygen atoms in total. The van der Waals surface area contributed by atoms with Crippen molar-refractivity contribution in [1.29, 1.82) is 0 Å². The van der Waals surface area contributed by atoms with Crippen molar-refractivity contribution < 1.29 is 9.47 Å². The molecule has 0 amide bonds. The number of methoxy groups -OCH3 is 1. The van der Waals surface area contributed by atoms with Crippen LogP contribution in [0.5, 0.6) is 0 Å². The Morgan fingerprint density at radius 3 is 2.94 bits per heavy atom. The minimum absolute atomic E-state index is 0.658. The van der Waals surface area contributed by atoms with Crippen molar-refractivity contribution in [3.8, 4) is 0 Å². The van der Waals surface area contributed by atoms with Crippen LogP contribution < -0.4 is 5.32 Å². The van der Waals surface area contributed by atoms with Gasteiger partial charge in [-0.15, -0.1) is 0 Å². The lowest BCUT2D eigenvalue weighted by molar-refractivity contribution is 0.0684. The van der Waals surface area contributed by atoms with Crippen LogP contribution in [0, 0.1) is 0 Å². The first-order chi connectivity index (χ1) is 8.92. The van der Waals surface area contributed by atoms with Crippen LogP contribution in [0.2, 0.25) is 0 Å². The summed E-state index contributed by atoms with van der Waals surface area (Å²) in [7, 11) is 1.69.